The Morgan fingerprint density at radius 3 is 2.44 bits per heavy atom. The highest BCUT2D eigenvalue weighted by Gasteiger charge is 2.08. The van der Waals surface area contributed by atoms with Crippen molar-refractivity contribution in [1.82, 2.24) is 19.5 Å². The minimum atomic E-state index is -3.31. The first-order valence-corrected chi connectivity index (χ1v) is 9.31. The summed E-state index contributed by atoms with van der Waals surface area (Å²) in [6.07, 6.45) is 4.61. The molecule has 130 valence electrons. The summed E-state index contributed by atoms with van der Waals surface area (Å²) in [4.78, 5) is 12.8. The average molecular weight is 359 g/mol. The van der Waals surface area contributed by atoms with Crippen LogP contribution in [0.2, 0.25) is 0 Å². The van der Waals surface area contributed by atoms with Crippen LogP contribution >= 0.6 is 0 Å². The van der Waals surface area contributed by atoms with Crippen molar-refractivity contribution in [3.8, 4) is 17.4 Å². The molecule has 0 radical (unpaired) electrons. The van der Waals surface area contributed by atoms with Crippen molar-refractivity contribution >= 4 is 15.7 Å². The fourth-order valence-electron chi connectivity index (χ4n) is 2.25. The van der Waals surface area contributed by atoms with Gasteiger partial charge in [-0.25, -0.2) is 18.4 Å². The number of hydrogen-bond donors (Lipinski definition) is 1. The Kier molecular flexibility index (Phi) is 4.41. The smallest absolute Gasteiger partial charge is 0.229 e. The number of sulfonamides is 1. The summed E-state index contributed by atoms with van der Waals surface area (Å²) in [6.45, 7) is 3.66. The predicted molar refractivity (Wildman–Crippen MR) is 93.6 cm³/mol. The average Bonchev–Trinajstić information content (AvgIpc) is 2.93. The zero-order valence-electron chi connectivity index (χ0n) is 14.0. The fraction of sp³-hybridized carbons (Fsp3) is 0.188. The molecule has 0 saturated heterocycles. The van der Waals surface area contributed by atoms with Crippen molar-refractivity contribution < 1.29 is 13.2 Å². The number of rotatable bonds is 5. The number of nitrogens with one attached hydrogen (secondary N) is 1. The van der Waals surface area contributed by atoms with E-state index in [-0.39, 0.29) is 0 Å². The van der Waals surface area contributed by atoms with Crippen LogP contribution in [0.5, 0.6) is 11.6 Å². The minimum absolute atomic E-state index is 0.388. The lowest BCUT2D eigenvalue weighted by Gasteiger charge is -2.10. The molecule has 0 aliphatic rings. The number of aryl methyl sites for hydroxylation is 2. The van der Waals surface area contributed by atoms with Gasteiger partial charge in [0.1, 0.15) is 23.2 Å². The molecule has 2 aromatic heterocycles. The molecule has 1 aromatic carbocycles. The van der Waals surface area contributed by atoms with Gasteiger partial charge < -0.3 is 4.74 Å². The second-order valence-electron chi connectivity index (χ2n) is 5.46. The van der Waals surface area contributed by atoms with Gasteiger partial charge in [0, 0.05) is 24.1 Å². The molecule has 3 aromatic rings. The normalized spacial score (nSPS) is 11.3. The number of nitrogens with zero attached hydrogens (tertiary/aromatic N) is 4. The number of ether oxygens (including phenoxy) is 1. The van der Waals surface area contributed by atoms with Crippen LogP contribution in [0.25, 0.3) is 5.82 Å². The Balaban J connectivity index is 1.83. The predicted octanol–water partition coefficient (Wildman–Crippen LogP) is 2.44. The lowest BCUT2D eigenvalue weighted by Crippen LogP contribution is -2.09. The van der Waals surface area contributed by atoms with Gasteiger partial charge in [-0.3, -0.25) is 9.29 Å². The van der Waals surface area contributed by atoms with E-state index in [2.05, 4.69) is 19.7 Å². The summed E-state index contributed by atoms with van der Waals surface area (Å²) in [5.41, 5.74) is 0.462. The van der Waals surface area contributed by atoms with Crippen LogP contribution in [0.1, 0.15) is 11.6 Å². The largest absolute Gasteiger partial charge is 0.439 e. The van der Waals surface area contributed by atoms with Crippen LogP contribution < -0.4 is 9.46 Å². The van der Waals surface area contributed by atoms with Crippen molar-refractivity contribution in [3.63, 3.8) is 0 Å². The molecule has 25 heavy (non-hydrogen) atoms. The summed E-state index contributed by atoms with van der Waals surface area (Å²) < 4.78 is 32.4. The van der Waals surface area contributed by atoms with E-state index in [9.17, 15) is 8.42 Å². The molecule has 1 N–H and O–H groups in total. The molecule has 0 amide bonds. The third-order valence-corrected chi connectivity index (χ3v) is 3.86. The molecule has 3 rings (SSSR count). The fourth-order valence-corrected chi connectivity index (χ4v) is 2.81. The molecule has 0 bridgehead atoms. The standard InChI is InChI=1S/C16H17N5O3S/c1-11-18-15(21-9-8-17-12(21)2)10-16(19-11)24-14-6-4-13(5-7-14)20-25(3,22)23/h4-10,20H,1-3H3. The molecule has 0 saturated carbocycles. The van der Waals surface area contributed by atoms with Gasteiger partial charge >= 0.3 is 0 Å². The molecular formula is C16H17N5O3S. The molecular weight excluding hydrogens is 342 g/mol. The van der Waals surface area contributed by atoms with E-state index in [4.69, 9.17) is 4.74 Å². The first kappa shape index (κ1) is 16.9. The van der Waals surface area contributed by atoms with Crippen molar-refractivity contribution in [2.45, 2.75) is 13.8 Å². The monoisotopic (exact) mass is 359 g/mol. The Bertz CT molecular complexity index is 997. The van der Waals surface area contributed by atoms with Crippen LogP contribution in [0.15, 0.2) is 42.7 Å². The number of aromatic nitrogens is 4. The van der Waals surface area contributed by atoms with Crippen LogP contribution in [-0.2, 0) is 10.0 Å². The zero-order chi connectivity index (χ0) is 18.0. The summed E-state index contributed by atoms with van der Waals surface area (Å²) in [5, 5.41) is 0. The lowest BCUT2D eigenvalue weighted by atomic mass is 10.3. The maximum Gasteiger partial charge on any atom is 0.229 e. The number of benzene rings is 1. The Morgan fingerprint density at radius 2 is 1.84 bits per heavy atom. The van der Waals surface area contributed by atoms with Gasteiger partial charge in [-0.05, 0) is 38.1 Å². The van der Waals surface area contributed by atoms with E-state index in [1.54, 1.807) is 43.5 Å². The summed E-state index contributed by atoms with van der Waals surface area (Å²) in [6, 6.07) is 8.27. The molecule has 0 unspecified atom stereocenters. The van der Waals surface area contributed by atoms with E-state index < -0.39 is 10.0 Å². The van der Waals surface area contributed by atoms with Crippen LogP contribution in [-0.4, -0.2) is 34.2 Å². The van der Waals surface area contributed by atoms with Crippen LogP contribution in [0.3, 0.4) is 0 Å². The van der Waals surface area contributed by atoms with Crippen molar-refractivity contribution in [2.24, 2.45) is 0 Å². The molecule has 0 atom stereocenters. The van der Waals surface area contributed by atoms with E-state index in [1.807, 2.05) is 17.7 Å². The first-order valence-electron chi connectivity index (χ1n) is 7.42. The van der Waals surface area contributed by atoms with Gasteiger partial charge in [0.15, 0.2) is 0 Å². The molecule has 0 spiro atoms. The maximum atomic E-state index is 11.2. The second-order valence-corrected chi connectivity index (χ2v) is 7.21. The number of anilines is 1. The SMILES string of the molecule is Cc1nc(Oc2ccc(NS(C)(=O)=O)cc2)cc(-n2ccnc2C)n1. The molecule has 0 aliphatic carbocycles. The number of hydrogen-bond acceptors (Lipinski definition) is 6. The highest BCUT2D eigenvalue weighted by molar-refractivity contribution is 7.92. The van der Waals surface area contributed by atoms with E-state index in [1.165, 1.54) is 0 Å². The van der Waals surface area contributed by atoms with Gasteiger partial charge in [0.25, 0.3) is 0 Å². The van der Waals surface area contributed by atoms with E-state index in [0.29, 0.717) is 29.0 Å². The second kappa shape index (κ2) is 6.52. The summed E-state index contributed by atoms with van der Waals surface area (Å²) >= 11 is 0. The molecule has 0 aliphatic heterocycles. The van der Waals surface area contributed by atoms with Crippen LogP contribution in [0.4, 0.5) is 5.69 Å². The van der Waals surface area contributed by atoms with Gasteiger partial charge in [-0.15, -0.1) is 0 Å². The molecule has 8 nitrogen and oxygen atoms in total. The summed E-state index contributed by atoms with van der Waals surface area (Å²) in [5.74, 6) is 2.95. The van der Waals surface area contributed by atoms with Crippen molar-refractivity contribution in [2.75, 3.05) is 11.0 Å². The van der Waals surface area contributed by atoms with Crippen molar-refractivity contribution in [3.05, 3.63) is 54.4 Å². The Hall–Kier alpha value is -2.94. The highest BCUT2D eigenvalue weighted by Crippen LogP contribution is 2.23. The van der Waals surface area contributed by atoms with Gasteiger partial charge in [0.2, 0.25) is 15.9 Å². The van der Waals surface area contributed by atoms with E-state index >= 15 is 0 Å². The minimum Gasteiger partial charge on any atom is -0.439 e. The topological polar surface area (TPSA) is 99.0 Å². The molecule has 0 fully saturated rings. The summed E-state index contributed by atoms with van der Waals surface area (Å²) in [7, 11) is -3.31. The third-order valence-electron chi connectivity index (χ3n) is 3.25. The molecule has 9 heteroatoms. The first-order chi connectivity index (χ1) is 11.8. The zero-order valence-corrected chi connectivity index (χ0v) is 14.8. The Morgan fingerprint density at radius 1 is 1.12 bits per heavy atom. The Labute approximate surface area is 145 Å². The third kappa shape index (κ3) is 4.32. The van der Waals surface area contributed by atoms with Gasteiger partial charge in [-0.2, -0.15) is 4.98 Å². The highest BCUT2D eigenvalue weighted by atomic mass is 32.2. The lowest BCUT2D eigenvalue weighted by molar-refractivity contribution is 0.459. The van der Waals surface area contributed by atoms with E-state index in [0.717, 1.165) is 12.1 Å². The van der Waals surface area contributed by atoms with Gasteiger partial charge in [-0.1, -0.05) is 0 Å². The van der Waals surface area contributed by atoms with Crippen LogP contribution in [0, 0.1) is 13.8 Å². The maximum absolute atomic E-state index is 11.2. The molecule has 2 heterocycles. The van der Waals surface area contributed by atoms with Gasteiger partial charge in [0.05, 0.1) is 6.26 Å². The number of imidazole rings is 1. The quantitative estimate of drug-likeness (QED) is 0.751. The van der Waals surface area contributed by atoms with Crippen molar-refractivity contribution in [1.29, 1.82) is 0 Å².